The number of carbonyl (C=O) groups excluding carboxylic acids is 1. The molecule has 0 atom stereocenters. The highest BCUT2D eigenvalue weighted by Gasteiger charge is 2.26. The molecule has 0 bridgehead atoms. The molecule has 4 heterocycles. The molecule has 2 aromatic heterocycles. The molecule has 2 aliphatic heterocycles. The van der Waals surface area contributed by atoms with E-state index in [9.17, 15) is 4.79 Å². The minimum Gasteiger partial charge on any atom is -0.461 e. The van der Waals surface area contributed by atoms with Crippen molar-refractivity contribution < 1.29 is 9.53 Å². The molecule has 35 heavy (non-hydrogen) atoms. The smallest absolute Gasteiger partial charge is 0.296 e. The van der Waals surface area contributed by atoms with Crippen LogP contribution in [-0.4, -0.2) is 44.5 Å². The van der Waals surface area contributed by atoms with E-state index in [-0.39, 0.29) is 17.9 Å². The monoisotopic (exact) mass is 491 g/mol. The molecule has 1 saturated carbocycles. The van der Waals surface area contributed by atoms with Gasteiger partial charge in [-0.3, -0.25) is 4.79 Å². The number of halogens is 1. The summed E-state index contributed by atoms with van der Waals surface area (Å²) in [6, 6.07) is 9.71. The van der Waals surface area contributed by atoms with E-state index in [4.69, 9.17) is 21.3 Å². The zero-order chi connectivity index (χ0) is 24.1. The number of amides is 1. The van der Waals surface area contributed by atoms with Crippen LogP contribution < -0.4 is 15.6 Å². The van der Waals surface area contributed by atoms with Crippen molar-refractivity contribution in [3.63, 3.8) is 0 Å². The topological polar surface area (TPSA) is 75.5 Å². The van der Waals surface area contributed by atoms with Gasteiger partial charge in [-0.05, 0) is 31.0 Å². The van der Waals surface area contributed by atoms with E-state index in [2.05, 4.69) is 45.0 Å². The highest BCUT2D eigenvalue weighted by molar-refractivity contribution is 6.33. The van der Waals surface area contributed by atoms with Crippen molar-refractivity contribution in [3.8, 4) is 6.01 Å². The van der Waals surface area contributed by atoms with Gasteiger partial charge in [0.15, 0.2) is 5.49 Å². The molecule has 3 aromatic rings. The number of fused-ring (bicyclic) bond motifs is 2. The van der Waals surface area contributed by atoms with Crippen LogP contribution in [-0.2, 0) is 4.79 Å². The molecule has 1 saturated heterocycles. The van der Waals surface area contributed by atoms with E-state index in [0.717, 1.165) is 29.5 Å². The van der Waals surface area contributed by atoms with Gasteiger partial charge in [0.2, 0.25) is 5.91 Å². The number of ether oxygens (including phenoxy) is 1. The maximum atomic E-state index is 12.2. The number of hydrogen-bond acceptors (Lipinski definition) is 4. The van der Waals surface area contributed by atoms with Crippen LogP contribution in [0.2, 0.25) is 0 Å². The molecule has 182 valence electrons. The van der Waals surface area contributed by atoms with Gasteiger partial charge in [0.1, 0.15) is 6.10 Å². The fourth-order valence-corrected chi connectivity index (χ4v) is 5.24. The summed E-state index contributed by atoms with van der Waals surface area (Å²) in [5.41, 5.74) is 3.59. The number of nitrogens with zero attached hydrogens (tertiary/aromatic N) is 4. The largest absolute Gasteiger partial charge is 0.461 e. The number of imidazole rings is 1. The molecule has 3 aliphatic rings. The Kier molecular flexibility index (Phi) is 5.67. The quantitative estimate of drug-likeness (QED) is 0.583. The summed E-state index contributed by atoms with van der Waals surface area (Å²) in [5.74, 6) is 0.235. The molecular formula is C27H30ClN5O2. The van der Waals surface area contributed by atoms with Gasteiger partial charge in [0, 0.05) is 72.0 Å². The maximum absolute atomic E-state index is 12.2. The molecule has 0 unspecified atom stereocenters. The van der Waals surface area contributed by atoms with E-state index in [0.29, 0.717) is 42.1 Å². The molecule has 0 radical (unpaired) electrons. The van der Waals surface area contributed by atoms with Crippen LogP contribution in [0.25, 0.3) is 22.7 Å². The molecule has 0 spiro atoms. The highest BCUT2D eigenvalue weighted by Crippen LogP contribution is 2.38. The number of allylic oxidation sites excluding steroid dienone is 1. The Hall–Kier alpha value is -3.06. The Bertz CT molecular complexity index is 1440. The van der Waals surface area contributed by atoms with Crippen LogP contribution in [0.1, 0.15) is 57.6 Å². The summed E-state index contributed by atoms with van der Waals surface area (Å²) in [7, 11) is 0. The first-order valence-corrected chi connectivity index (χ1v) is 12.9. The number of piperidine rings is 1. The van der Waals surface area contributed by atoms with Crippen LogP contribution in [0.15, 0.2) is 40.5 Å². The van der Waals surface area contributed by atoms with Crippen LogP contribution in [0.4, 0.5) is 0 Å². The second kappa shape index (κ2) is 8.86. The second-order valence-corrected chi connectivity index (χ2v) is 10.5. The van der Waals surface area contributed by atoms with E-state index in [1.165, 1.54) is 23.7 Å². The van der Waals surface area contributed by atoms with Crippen LogP contribution in [0.5, 0.6) is 6.01 Å². The van der Waals surface area contributed by atoms with Crippen molar-refractivity contribution >= 4 is 40.2 Å². The molecule has 1 aromatic carbocycles. The number of hydrogen-bond donors (Lipinski definition) is 1. The van der Waals surface area contributed by atoms with Gasteiger partial charge in [-0.25, -0.2) is 4.99 Å². The minimum absolute atomic E-state index is 0.0255. The van der Waals surface area contributed by atoms with E-state index in [1.54, 1.807) is 0 Å². The Balaban J connectivity index is 1.22. The fraction of sp³-hybridized carbons (Fsp3) is 0.444. The summed E-state index contributed by atoms with van der Waals surface area (Å²) in [4.78, 5) is 26.9. The van der Waals surface area contributed by atoms with Crippen molar-refractivity contribution in [2.45, 2.75) is 58.1 Å². The SMILES string of the molecule is CC(C)C(=O)N1CCC(Oc2nc3c([nH]2)=CCC(Cl)=C(c2ccc4c(ccn4C4CC4)c2)N=3)CC1. The van der Waals surface area contributed by atoms with Crippen molar-refractivity contribution in [1.82, 2.24) is 19.4 Å². The molecule has 1 amide bonds. The second-order valence-electron chi connectivity index (χ2n) is 10.1. The average molecular weight is 492 g/mol. The molecule has 1 aliphatic carbocycles. The molecule has 1 N–H and O–H groups in total. The van der Waals surface area contributed by atoms with Crippen LogP contribution >= 0.6 is 11.6 Å². The number of H-pyrrole nitrogens is 1. The summed E-state index contributed by atoms with van der Waals surface area (Å²) < 4.78 is 8.52. The number of aromatic amines is 1. The Morgan fingerprint density at radius 1 is 1.17 bits per heavy atom. The summed E-state index contributed by atoms with van der Waals surface area (Å²) in [5, 5.41) is 2.71. The number of likely N-dealkylation sites (tertiary alicyclic amines) is 1. The zero-order valence-electron chi connectivity index (χ0n) is 20.1. The maximum Gasteiger partial charge on any atom is 0.296 e. The van der Waals surface area contributed by atoms with Gasteiger partial charge in [-0.15, -0.1) is 0 Å². The number of nitrogens with one attached hydrogen (secondary N) is 1. The molecule has 2 fully saturated rings. The predicted molar refractivity (Wildman–Crippen MR) is 137 cm³/mol. The normalized spacial score (nSPS) is 18.9. The van der Waals surface area contributed by atoms with Crippen molar-refractivity contribution in [2.75, 3.05) is 13.1 Å². The van der Waals surface area contributed by atoms with Gasteiger partial charge < -0.3 is 19.2 Å². The Morgan fingerprint density at radius 3 is 2.71 bits per heavy atom. The van der Waals surface area contributed by atoms with Gasteiger partial charge in [0.05, 0.1) is 11.0 Å². The Morgan fingerprint density at radius 2 is 1.97 bits per heavy atom. The van der Waals surface area contributed by atoms with Crippen molar-refractivity contribution in [1.29, 1.82) is 0 Å². The number of rotatable bonds is 5. The molecule has 7 nitrogen and oxygen atoms in total. The third-order valence-corrected chi connectivity index (χ3v) is 7.44. The number of carbonyl (C=O) groups is 1. The Labute approximate surface area is 209 Å². The summed E-state index contributed by atoms with van der Waals surface area (Å²) in [6.45, 7) is 5.31. The average Bonchev–Trinajstić information content (AvgIpc) is 3.54. The van der Waals surface area contributed by atoms with Crippen molar-refractivity contribution in [2.24, 2.45) is 10.9 Å². The first-order valence-electron chi connectivity index (χ1n) is 12.6. The lowest BCUT2D eigenvalue weighted by atomic mass is 10.1. The van der Waals surface area contributed by atoms with Crippen molar-refractivity contribution in [3.05, 3.63) is 51.9 Å². The van der Waals surface area contributed by atoms with Gasteiger partial charge in [-0.2, -0.15) is 4.98 Å². The molecule has 8 heteroatoms. The number of benzene rings is 1. The standard InChI is InChI=1S/C27H30ClN5O2/c1-16(2)26(34)32-12-10-20(11-13-32)35-27-29-22-7-6-21(28)24(30-25(22)31-27)18-3-8-23-17(15-18)9-14-33(23)19-4-5-19/h3,7-9,14-16,19-20H,4-6,10-13H2,1-2H3,(H,29,30,31). The van der Waals surface area contributed by atoms with E-state index >= 15 is 0 Å². The fourth-order valence-electron chi connectivity index (χ4n) is 5.01. The third kappa shape index (κ3) is 4.38. The van der Waals surface area contributed by atoms with Crippen LogP contribution in [0, 0.1) is 5.92 Å². The lowest BCUT2D eigenvalue weighted by Gasteiger charge is -2.32. The van der Waals surface area contributed by atoms with Gasteiger partial charge in [0.25, 0.3) is 6.01 Å². The lowest BCUT2D eigenvalue weighted by Crippen LogP contribution is -2.43. The van der Waals surface area contributed by atoms with E-state index < -0.39 is 0 Å². The summed E-state index contributed by atoms with van der Waals surface area (Å²) in [6.07, 6.45) is 8.90. The van der Waals surface area contributed by atoms with Gasteiger partial charge >= 0.3 is 0 Å². The summed E-state index contributed by atoms with van der Waals surface area (Å²) >= 11 is 6.69. The molecular weight excluding hydrogens is 462 g/mol. The first kappa shape index (κ1) is 22.4. The highest BCUT2D eigenvalue weighted by atomic mass is 35.5. The third-order valence-electron chi connectivity index (χ3n) is 7.11. The first-order chi connectivity index (χ1) is 17.0. The van der Waals surface area contributed by atoms with Crippen LogP contribution in [0.3, 0.4) is 0 Å². The number of aromatic nitrogens is 3. The predicted octanol–water partition coefficient (Wildman–Crippen LogP) is 4.14. The lowest BCUT2D eigenvalue weighted by molar-refractivity contribution is -0.136. The van der Waals surface area contributed by atoms with Gasteiger partial charge in [-0.1, -0.05) is 37.6 Å². The molecule has 6 rings (SSSR count). The minimum atomic E-state index is 0.0255. The zero-order valence-corrected chi connectivity index (χ0v) is 20.9. The van der Waals surface area contributed by atoms with E-state index in [1.807, 2.05) is 24.8 Å².